The minimum atomic E-state index is -0.431. The van der Waals surface area contributed by atoms with Crippen LogP contribution in [0.1, 0.15) is 18.4 Å². The highest BCUT2D eigenvalue weighted by Crippen LogP contribution is 2.44. The molecule has 1 fully saturated rings. The lowest BCUT2D eigenvalue weighted by molar-refractivity contribution is 0.578. The Morgan fingerprint density at radius 2 is 2.00 bits per heavy atom. The molecule has 1 aliphatic rings. The van der Waals surface area contributed by atoms with Crippen LogP contribution in [0.3, 0.4) is 0 Å². The number of nitrogens with two attached hydrogens (primary N) is 2. The first-order valence-corrected chi connectivity index (χ1v) is 3.96. The number of hydrogen-bond acceptors (Lipinski definition) is 2. The standard InChI is InChI=1S/C9H11FN2/c10-8-2-1-6(11)5-7(8)9(12)3-4-9/h1-2,5H,3-4,11-12H2. The molecule has 0 aromatic heterocycles. The molecule has 4 N–H and O–H groups in total. The molecule has 0 heterocycles. The Hall–Kier alpha value is -1.09. The second kappa shape index (κ2) is 2.20. The van der Waals surface area contributed by atoms with Crippen molar-refractivity contribution in [1.29, 1.82) is 0 Å². The van der Waals surface area contributed by atoms with E-state index in [4.69, 9.17) is 11.5 Å². The maximum Gasteiger partial charge on any atom is 0.128 e. The summed E-state index contributed by atoms with van der Waals surface area (Å²) < 4.78 is 13.2. The third-order valence-corrected chi connectivity index (χ3v) is 2.32. The Bertz CT molecular complexity index is 318. The van der Waals surface area contributed by atoms with Gasteiger partial charge in [0.25, 0.3) is 0 Å². The van der Waals surface area contributed by atoms with Gasteiger partial charge in [-0.1, -0.05) is 0 Å². The quantitative estimate of drug-likeness (QED) is 0.619. The van der Waals surface area contributed by atoms with Crippen LogP contribution >= 0.6 is 0 Å². The molecule has 3 heteroatoms. The van der Waals surface area contributed by atoms with Crippen LogP contribution in [-0.4, -0.2) is 0 Å². The summed E-state index contributed by atoms with van der Waals surface area (Å²) in [5.74, 6) is -0.246. The zero-order valence-corrected chi connectivity index (χ0v) is 6.68. The van der Waals surface area contributed by atoms with Crippen molar-refractivity contribution < 1.29 is 4.39 Å². The van der Waals surface area contributed by atoms with Crippen molar-refractivity contribution in [1.82, 2.24) is 0 Å². The first-order chi connectivity index (χ1) is 5.62. The highest BCUT2D eigenvalue weighted by Gasteiger charge is 2.41. The van der Waals surface area contributed by atoms with Gasteiger partial charge in [-0.3, -0.25) is 0 Å². The van der Waals surface area contributed by atoms with Crippen LogP contribution in [0.5, 0.6) is 0 Å². The van der Waals surface area contributed by atoms with Crippen molar-refractivity contribution >= 4 is 5.69 Å². The fraction of sp³-hybridized carbons (Fsp3) is 0.333. The summed E-state index contributed by atoms with van der Waals surface area (Å²) in [6.45, 7) is 0. The molecule has 1 aromatic rings. The second-order valence-corrected chi connectivity index (χ2v) is 3.40. The predicted octanol–water partition coefficient (Wildman–Crippen LogP) is 1.36. The summed E-state index contributed by atoms with van der Waals surface area (Å²) in [5, 5.41) is 0. The molecule has 0 radical (unpaired) electrons. The van der Waals surface area contributed by atoms with Crippen molar-refractivity contribution in [2.75, 3.05) is 5.73 Å². The van der Waals surface area contributed by atoms with Crippen LogP contribution in [0.15, 0.2) is 18.2 Å². The molecule has 0 spiro atoms. The molecule has 0 amide bonds. The second-order valence-electron chi connectivity index (χ2n) is 3.40. The summed E-state index contributed by atoms with van der Waals surface area (Å²) in [4.78, 5) is 0. The molecule has 1 aromatic carbocycles. The maximum absolute atomic E-state index is 13.2. The van der Waals surface area contributed by atoms with Crippen LogP contribution < -0.4 is 11.5 Å². The normalized spacial score (nSPS) is 19.2. The first kappa shape index (κ1) is 7.55. The summed E-state index contributed by atoms with van der Waals surface area (Å²) in [5.41, 5.74) is 12.1. The fourth-order valence-electron chi connectivity index (χ4n) is 1.33. The molecule has 1 aliphatic carbocycles. The van der Waals surface area contributed by atoms with Gasteiger partial charge in [-0.05, 0) is 31.0 Å². The molecule has 64 valence electrons. The van der Waals surface area contributed by atoms with Gasteiger partial charge in [0.1, 0.15) is 5.82 Å². The van der Waals surface area contributed by atoms with Gasteiger partial charge >= 0.3 is 0 Å². The van der Waals surface area contributed by atoms with E-state index in [-0.39, 0.29) is 5.82 Å². The van der Waals surface area contributed by atoms with Gasteiger partial charge in [-0.15, -0.1) is 0 Å². The average Bonchev–Trinajstić information content (AvgIpc) is 2.75. The number of halogens is 1. The van der Waals surface area contributed by atoms with Gasteiger partial charge < -0.3 is 11.5 Å². The average molecular weight is 166 g/mol. The van der Waals surface area contributed by atoms with Crippen molar-refractivity contribution in [2.24, 2.45) is 5.73 Å². The lowest BCUT2D eigenvalue weighted by Crippen LogP contribution is -2.20. The Balaban J connectivity index is 2.48. The van der Waals surface area contributed by atoms with E-state index in [0.717, 1.165) is 12.8 Å². The lowest BCUT2D eigenvalue weighted by Gasteiger charge is -2.10. The van der Waals surface area contributed by atoms with Crippen molar-refractivity contribution in [2.45, 2.75) is 18.4 Å². The van der Waals surface area contributed by atoms with Gasteiger partial charge in [0.15, 0.2) is 0 Å². The first-order valence-electron chi connectivity index (χ1n) is 3.96. The van der Waals surface area contributed by atoms with E-state index < -0.39 is 5.54 Å². The van der Waals surface area contributed by atoms with E-state index >= 15 is 0 Å². The van der Waals surface area contributed by atoms with E-state index in [1.165, 1.54) is 6.07 Å². The molecule has 0 bridgehead atoms. The van der Waals surface area contributed by atoms with Gasteiger partial charge in [-0.2, -0.15) is 0 Å². The van der Waals surface area contributed by atoms with E-state index in [1.807, 2.05) is 0 Å². The van der Waals surface area contributed by atoms with Crippen molar-refractivity contribution in [3.8, 4) is 0 Å². The molecule has 1 saturated carbocycles. The lowest BCUT2D eigenvalue weighted by atomic mass is 10.0. The van der Waals surface area contributed by atoms with Crippen molar-refractivity contribution in [3.63, 3.8) is 0 Å². The van der Waals surface area contributed by atoms with Gasteiger partial charge in [0.05, 0.1) is 0 Å². The predicted molar refractivity (Wildman–Crippen MR) is 45.9 cm³/mol. The molecule has 0 aliphatic heterocycles. The minimum Gasteiger partial charge on any atom is -0.399 e. The summed E-state index contributed by atoms with van der Waals surface area (Å²) >= 11 is 0. The van der Waals surface area contributed by atoms with Crippen LogP contribution in [0.25, 0.3) is 0 Å². The zero-order valence-electron chi connectivity index (χ0n) is 6.68. The summed E-state index contributed by atoms with van der Waals surface area (Å²) in [6, 6.07) is 4.55. The van der Waals surface area contributed by atoms with Crippen LogP contribution in [0.2, 0.25) is 0 Å². The number of hydrogen-bond donors (Lipinski definition) is 2. The van der Waals surface area contributed by atoms with E-state index in [1.54, 1.807) is 12.1 Å². The van der Waals surface area contributed by atoms with Crippen LogP contribution in [0, 0.1) is 5.82 Å². The number of rotatable bonds is 1. The molecule has 0 saturated heterocycles. The third kappa shape index (κ3) is 1.06. The molecular formula is C9H11FN2. The largest absolute Gasteiger partial charge is 0.399 e. The molecule has 2 rings (SSSR count). The minimum absolute atomic E-state index is 0.246. The topological polar surface area (TPSA) is 52.0 Å². The number of anilines is 1. The van der Waals surface area contributed by atoms with Gasteiger partial charge in [0, 0.05) is 16.8 Å². The molecule has 0 unspecified atom stereocenters. The number of benzene rings is 1. The van der Waals surface area contributed by atoms with E-state index in [2.05, 4.69) is 0 Å². The molecule has 12 heavy (non-hydrogen) atoms. The zero-order chi connectivity index (χ0) is 8.77. The highest BCUT2D eigenvalue weighted by molar-refractivity contribution is 5.45. The molecule has 0 atom stereocenters. The Morgan fingerprint density at radius 3 is 2.58 bits per heavy atom. The van der Waals surface area contributed by atoms with Gasteiger partial charge in [-0.25, -0.2) is 4.39 Å². The fourth-order valence-corrected chi connectivity index (χ4v) is 1.33. The molecule has 2 nitrogen and oxygen atoms in total. The van der Waals surface area contributed by atoms with Gasteiger partial charge in [0.2, 0.25) is 0 Å². The van der Waals surface area contributed by atoms with Crippen LogP contribution in [0.4, 0.5) is 10.1 Å². The van der Waals surface area contributed by atoms with E-state index in [9.17, 15) is 4.39 Å². The monoisotopic (exact) mass is 166 g/mol. The van der Waals surface area contributed by atoms with Crippen molar-refractivity contribution in [3.05, 3.63) is 29.6 Å². The Morgan fingerprint density at radius 1 is 1.33 bits per heavy atom. The Labute approximate surface area is 70.4 Å². The summed E-state index contributed by atoms with van der Waals surface area (Å²) in [6.07, 6.45) is 1.71. The third-order valence-electron chi connectivity index (χ3n) is 2.32. The highest BCUT2D eigenvalue weighted by atomic mass is 19.1. The smallest absolute Gasteiger partial charge is 0.128 e. The van der Waals surface area contributed by atoms with Crippen LogP contribution in [-0.2, 0) is 5.54 Å². The van der Waals surface area contributed by atoms with E-state index in [0.29, 0.717) is 11.3 Å². The number of nitrogen functional groups attached to an aromatic ring is 1. The Kier molecular flexibility index (Phi) is 1.38. The SMILES string of the molecule is Nc1ccc(F)c(C2(N)CC2)c1. The summed E-state index contributed by atoms with van der Waals surface area (Å²) in [7, 11) is 0. The maximum atomic E-state index is 13.2. The molecular weight excluding hydrogens is 155 g/mol.